The fourth-order valence-corrected chi connectivity index (χ4v) is 2.55. The zero-order chi connectivity index (χ0) is 14.5. The van der Waals surface area contributed by atoms with Crippen molar-refractivity contribution in [1.82, 2.24) is 10.3 Å². The van der Waals surface area contributed by atoms with E-state index in [-0.39, 0.29) is 0 Å². The topological polar surface area (TPSA) is 37.4 Å². The molecule has 0 radical (unpaired) electrons. The van der Waals surface area contributed by atoms with Gasteiger partial charge in [-0.1, -0.05) is 29.8 Å². The Morgan fingerprint density at radius 1 is 1.19 bits per heavy atom. The minimum atomic E-state index is 0.578. The van der Waals surface area contributed by atoms with Gasteiger partial charge in [0.1, 0.15) is 12.4 Å². The highest BCUT2D eigenvalue weighted by Gasteiger charge is 2.11. The van der Waals surface area contributed by atoms with Crippen LogP contribution in [0.5, 0.6) is 5.75 Å². The summed E-state index contributed by atoms with van der Waals surface area (Å²) in [5, 5.41) is 3.36. The van der Waals surface area contributed by atoms with Crippen molar-refractivity contribution in [3.8, 4) is 5.75 Å². The van der Waals surface area contributed by atoms with Gasteiger partial charge in [-0.2, -0.15) is 0 Å². The molecule has 2 heterocycles. The Bertz CT molecular complexity index is 594. The molecular formula is C17H21N3O. The zero-order valence-corrected chi connectivity index (χ0v) is 12.4. The monoisotopic (exact) mass is 283 g/mol. The minimum Gasteiger partial charge on any atom is -0.487 e. The number of piperazine rings is 1. The van der Waals surface area contributed by atoms with Crippen molar-refractivity contribution in [2.75, 3.05) is 31.1 Å². The lowest BCUT2D eigenvalue weighted by Gasteiger charge is -2.29. The van der Waals surface area contributed by atoms with Crippen molar-refractivity contribution in [2.45, 2.75) is 13.5 Å². The van der Waals surface area contributed by atoms with Crippen LogP contribution in [0, 0.1) is 6.92 Å². The molecule has 0 bridgehead atoms. The second-order valence-electron chi connectivity index (χ2n) is 5.39. The molecule has 1 N–H and O–H groups in total. The predicted molar refractivity (Wildman–Crippen MR) is 84.8 cm³/mol. The molecule has 110 valence electrons. The number of nitrogens with one attached hydrogen (secondary N) is 1. The first-order chi connectivity index (χ1) is 10.3. The molecule has 1 saturated heterocycles. The highest BCUT2D eigenvalue weighted by molar-refractivity contribution is 5.48. The summed E-state index contributed by atoms with van der Waals surface area (Å²) >= 11 is 0. The van der Waals surface area contributed by atoms with Crippen LogP contribution in [0.15, 0.2) is 42.7 Å². The Kier molecular flexibility index (Phi) is 4.36. The molecule has 21 heavy (non-hydrogen) atoms. The second-order valence-corrected chi connectivity index (χ2v) is 5.39. The fourth-order valence-electron chi connectivity index (χ4n) is 2.55. The maximum Gasteiger partial charge on any atom is 0.140 e. The average molecular weight is 283 g/mol. The van der Waals surface area contributed by atoms with Gasteiger partial charge in [0.25, 0.3) is 0 Å². The maximum absolute atomic E-state index is 5.87. The van der Waals surface area contributed by atoms with E-state index in [2.05, 4.69) is 52.5 Å². The molecule has 0 spiro atoms. The van der Waals surface area contributed by atoms with Gasteiger partial charge in [0.2, 0.25) is 0 Å². The molecule has 0 aliphatic carbocycles. The molecule has 1 aliphatic rings. The van der Waals surface area contributed by atoms with Crippen LogP contribution in [0.4, 0.5) is 5.69 Å². The molecule has 1 aliphatic heterocycles. The molecule has 2 aromatic rings. The normalized spacial score (nSPS) is 15.0. The van der Waals surface area contributed by atoms with Crippen molar-refractivity contribution in [3.63, 3.8) is 0 Å². The van der Waals surface area contributed by atoms with Crippen molar-refractivity contribution in [1.29, 1.82) is 0 Å². The first-order valence-corrected chi connectivity index (χ1v) is 7.40. The summed E-state index contributed by atoms with van der Waals surface area (Å²) in [6, 6.07) is 10.5. The smallest absolute Gasteiger partial charge is 0.140 e. The summed E-state index contributed by atoms with van der Waals surface area (Å²) in [4.78, 5) is 6.64. The van der Waals surface area contributed by atoms with Gasteiger partial charge < -0.3 is 15.0 Å². The van der Waals surface area contributed by atoms with Crippen LogP contribution in [0.2, 0.25) is 0 Å². The summed E-state index contributed by atoms with van der Waals surface area (Å²) in [7, 11) is 0. The SMILES string of the molecule is Cc1cccc(COc2cncc(N3CCNCC3)c2)c1. The van der Waals surface area contributed by atoms with E-state index in [1.54, 1.807) is 6.20 Å². The van der Waals surface area contributed by atoms with E-state index >= 15 is 0 Å². The number of nitrogens with zero attached hydrogens (tertiary/aromatic N) is 2. The number of hydrogen-bond acceptors (Lipinski definition) is 4. The lowest BCUT2D eigenvalue weighted by atomic mass is 10.1. The highest BCUT2D eigenvalue weighted by Crippen LogP contribution is 2.20. The van der Waals surface area contributed by atoms with Gasteiger partial charge in [-0.05, 0) is 12.5 Å². The van der Waals surface area contributed by atoms with Crippen molar-refractivity contribution < 1.29 is 4.74 Å². The van der Waals surface area contributed by atoms with Gasteiger partial charge in [-0.25, -0.2) is 0 Å². The van der Waals surface area contributed by atoms with Gasteiger partial charge in [0, 0.05) is 32.2 Å². The number of aryl methyl sites for hydroxylation is 1. The number of ether oxygens (including phenoxy) is 1. The Morgan fingerprint density at radius 2 is 2.05 bits per heavy atom. The number of rotatable bonds is 4. The number of anilines is 1. The molecule has 3 rings (SSSR count). The predicted octanol–water partition coefficient (Wildman–Crippen LogP) is 2.38. The van der Waals surface area contributed by atoms with Crippen LogP contribution in [-0.4, -0.2) is 31.2 Å². The largest absolute Gasteiger partial charge is 0.487 e. The van der Waals surface area contributed by atoms with Crippen LogP contribution in [0.3, 0.4) is 0 Å². The molecule has 1 aromatic carbocycles. The Balaban J connectivity index is 1.65. The molecule has 1 fully saturated rings. The minimum absolute atomic E-state index is 0.578. The molecular weight excluding hydrogens is 262 g/mol. The Hall–Kier alpha value is -2.07. The third-order valence-electron chi connectivity index (χ3n) is 3.67. The standard InChI is InChI=1S/C17H21N3O/c1-14-3-2-4-15(9-14)13-21-17-10-16(11-19-12-17)20-7-5-18-6-8-20/h2-4,9-12,18H,5-8,13H2,1H3. The van der Waals surface area contributed by atoms with Gasteiger partial charge in [-0.3, -0.25) is 4.98 Å². The second kappa shape index (κ2) is 6.59. The fraction of sp³-hybridized carbons (Fsp3) is 0.353. The number of aromatic nitrogens is 1. The van der Waals surface area contributed by atoms with Crippen LogP contribution in [-0.2, 0) is 6.61 Å². The van der Waals surface area contributed by atoms with Crippen molar-refractivity contribution in [3.05, 3.63) is 53.9 Å². The van der Waals surface area contributed by atoms with Crippen LogP contribution in [0.1, 0.15) is 11.1 Å². The molecule has 1 aromatic heterocycles. The van der Waals surface area contributed by atoms with Gasteiger partial charge >= 0.3 is 0 Å². The third kappa shape index (κ3) is 3.73. The summed E-state index contributed by atoms with van der Waals surface area (Å²) in [5.41, 5.74) is 3.57. The molecule has 0 unspecified atom stereocenters. The van der Waals surface area contributed by atoms with Gasteiger partial charge in [-0.15, -0.1) is 0 Å². The van der Waals surface area contributed by atoms with E-state index in [9.17, 15) is 0 Å². The van der Waals surface area contributed by atoms with E-state index in [4.69, 9.17) is 4.74 Å². The maximum atomic E-state index is 5.87. The van der Waals surface area contributed by atoms with Crippen LogP contribution in [0.25, 0.3) is 0 Å². The third-order valence-corrected chi connectivity index (χ3v) is 3.67. The number of pyridine rings is 1. The highest BCUT2D eigenvalue weighted by atomic mass is 16.5. The van der Waals surface area contributed by atoms with Crippen LogP contribution < -0.4 is 15.0 Å². The number of benzene rings is 1. The van der Waals surface area contributed by atoms with Crippen LogP contribution >= 0.6 is 0 Å². The first-order valence-electron chi connectivity index (χ1n) is 7.40. The summed E-state index contributed by atoms with van der Waals surface area (Å²) < 4.78 is 5.87. The lowest BCUT2D eigenvalue weighted by molar-refractivity contribution is 0.305. The average Bonchev–Trinajstić information content (AvgIpc) is 2.54. The summed E-state index contributed by atoms with van der Waals surface area (Å²) in [6.07, 6.45) is 3.69. The van der Waals surface area contributed by atoms with Crippen molar-refractivity contribution in [2.24, 2.45) is 0 Å². The van der Waals surface area contributed by atoms with E-state index in [1.165, 1.54) is 11.1 Å². The zero-order valence-electron chi connectivity index (χ0n) is 12.4. The quantitative estimate of drug-likeness (QED) is 0.935. The molecule has 4 nitrogen and oxygen atoms in total. The molecule has 0 saturated carbocycles. The van der Waals surface area contributed by atoms with Gasteiger partial charge in [0.15, 0.2) is 0 Å². The Labute approximate surface area is 125 Å². The summed E-state index contributed by atoms with van der Waals surface area (Å²) in [5.74, 6) is 0.826. The van der Waals surface area contributed by atoms with Crippen molar-refractivity contribution >= 4 is 5.69 Å². The van der Waals surface area contributed by atoms with E-state index in [0.717, 1.165) is 37.6 Å². The number of hydrogen-bond donors (Lipinski definition) is 1. The Morgan fingerprint density at radius 3 is 2.86 bits per heavy atom. The lowest BCUT2D eigenvalue weighted by Crippen LogP contribution is -2.43. The summed E-state index contributed by atoms with van der Waals surface area (Å²) in [6.45, 7) is 6.75. The molecule has 0 atom stereocenters. The first kappa shape index (κ1) is 13.9. The molecule has 4 heteroatoms. The van der Waals surface area contributed by atoms with E-state index < -0.39 is 0 Å². The molecule has 0 amide bonds. The van der Waals surface area contributed by atoms with E-state index in [1.807, 2.05) is 6.20 Å². The van der Waals surface area contributed by atoms with E-state index in [0.29, 0.717) is 6.61 Å². The van der Waals surface area contributed by atoms with Gasteiger partial charge in [0.05, 0.1) is 18.1 Å².